The number of rotatable bonds is 2. The summed E-state index contributed by atoms with van der Waals surface area (Å²) in [7, 11) is 0. The lowest BCUT2D eigenvalue weighted by Gasteiger charge is -2.28. The van der Waals surface area contributed by atoms with Gasteiger partial charge in [-0.1, -0.05) is 13.8 Å². The molecule has 0 spiro atoms. The molecule has 2 saturated carbocycles. The highest BCUT2D eigenvalue weighted by Crippen LogP contribution is 2.48. The van der Waals surface area contributed by atoms with Gasteiger partial charge in [0.25, 0.3) is 0 Å². The van der Waals surface area contributed by atoms with Crippen molar-refractivity contribution in [3.8, 4) is 0 Å². The van der Waals surface area contributed by atoms with Crippen LogP contribution in [0.1, 0.15) is 33.1 Å². The van der Waals surface area contributed by atoms with Gasteiger partial charge in [0.1, 0.15) is 5.78 Å². The predicted molar refractivity (Wildman–Crippen MR) is 52.1 cm³/mol. The number of hydrogen-bond donors (Lipinski definition) is 1. The van der Waals surface area contributed by atoms with E-state index in [9.17, 15) is 4.79 Å². The van der Waals surface area contributed by atoms with E-state index in [0.29, 0.717) is 17.6 Å². The fraction of sp³-hybridized carbons (Fsp3) is 0.909. The van der Waals surface area contributed by atoms with E-state index < -0.39 is 0 Å². The van der Waals surface area contributed by atoms with Crippen LogP contribution in [0.25, 0.3) is 0 Å². The molecule has 0 aromatic rings. The molecule has 4 atom stereocenters. The SMILES string of the molecule is CC(C)C(=O)C1C2CCC(C2)C1N. The molecule has 13 heavy (non-hydrogen) atoms. The first-order valence-corrected chi connectivity index (χ1v) is 5.40. The summed E-state index contributed by atoms with van der Waals surface area (Å²) in [5, 5.41) is 0. The van der Waals surface area contributed by atoms with Crippen molar-refractivity contribution >= 4 is 5.78 Å². The molecule has 0 aromatic heterocycles. The van der Waals surface area contributed by atoms with Gasteiger partial charge in [0.05, 0.1) is 0 Å². The number of nitrogens with two attached hydrogens (primary N) is 1. The van der Waals surface area contributed by atoms with Crippen molar-refractivity contribution in [2.75, 3.05) is 0 Å². The molecule has 2 rings (SSSR count). The maximum absolute atomic E-state index is 11.9. The lowest BCUT2D eigenvalue weighted by molar-refractivity contribution is -0.127. The van der Waals surface area contributed by atoms with Gasteiger partial charge in [-0.3, -0.25) is 4.79 Å². The fourth-order valence-electron chi connectivity index (χ4n) is 3.14. The van der Waals surface area contributed by atoms with E-state index in [2.05, 4.69) is 0 Å². The molecule has 2 bridgehead atoms. The molecule has 2 N–H and O–H groups in total. The zero-order chi connectivity index (χ0) is 9.59. The van der Waals surface area contributed by atoms with Gasteiger partial charge in [-0.05, 0) is 31.1 Å². The molecule has 0 radical (unpaired) electrons. The largest absolute Gasteiger partial charge is 0.327 e. The first kappa shape index (κ1) is 9.20. The van der Waals surface area contributed by atoms with E-state index in [0.717, 1.165) is 0 Å². The van der Waals surface area contributed by atoms with Crippen molar-refractivity contribution in [3.63, 3.8) is 0 Å². The fourth-order valence-corrected chi connectivity index (χ4v) is 3.14. The normalized spacial score (nSPS) is 43.1. The Kier molecular flexibility index (Phi) is 2.18. The maximum atomic E-state index is 11.9. The summed E-state index contributed by atoms with van der Waals surface area (Å²) in [6.45, 7) is 3.97. The van der Waals surface area contributed by atoms with Crippen LogP contribution in [-0.2, 0) is 4.79 Å². The topological polar surface area (TPSA) is 43.1 Å². The van der Waals surface area contributed by atoms with Crippen molar-refractivity contribution in [1.82, 2.24) is 0 Å². The Labute approximate surface area is 79.9 Å². The van der Waals surface area contributed by atoms with Gasteiger partial charge in [0, 0.05) is 17.9 Å². The Morgan fingerprint density at radius 3 is 2.38 bits per heavy atom. The van der Waals surface area contributed by atoms with Gasteiger partial charge in [-0.2, -0.15) is 0 Å². The lowest BCUT2D eigenvalue weighted by atomic mass is 9.79. The number of fused-ring (bicyclic) bond motifs is 2. The monoisotopic (exact) mass is 181 g/mol. The minimum atomic E-state index is 0.162. The number of carbonyl (C=O) groups is 1. The van der Waals surface area contributed by atoms with Crippen molar-refractivity contribution in [2.24, 2.45) is 29.4 Å². The van der Waals surface area contributed by atoms with Gasteiger partial charge < -0.3 is 5.73 Å². The summed E-state index contributed by atoms with van der Waals surface area (Å²) in [6.07, 6.45) is 3.71. The van der Waals surface area contributed by atoms with Crippen LogP contribution in [0, 0.1) is 23.7 Å². The number of ketones is 1. The molecule has 4 unspecified atom stereocenters. The Bertz CT molecular complexity index is 222. The third-order valence-corrected chi connectivity index (χ3v) is 3.88. The van der Waals surface area contributed by atoms with Gasteiger partial charge in [-0.25, -0.2) is 0 Å². The summed E-state index contributed by atoms with van der Waals surface area (Å²) in [6, 6.07) is 0.175. The maximum Gasteiger partial charge on any atom is 0.140 e. The zero-order valence-electron chi connectivity index (χ0n) is 8.49. The lowest BCUT2D eigenvalue weighted by Crippen LogP contribution is -2.41. The Hall–Kier alpha value is -0.370. The summed E-state index contributed by atoms with van der Waals surface area (Å²) in [5.74, 6) is 2.03. The van der Waals surface area contributed by atoms with E-state index in [4.69, 9.17) is 5.73 Å². The van der Waals surface area contributed by atoms with E-state index in [1.54, 1.807) is 0 Å². The van der Waals surface area contributed by atoms with E-state index in [-0.39, 0.29) is 17.9 Å². The highest BCUT2D eigenvalue weighted by molar-refractivity contribution is 5.84. The number of hydrogen-bond acceptors (Lipinski definition) is 2. The van der Waals surface area contributed by atoms with Crippen LogP contribution in [0.15, 0.2) is 0 Å². The summed E-state index contributed by atoms with van der Waals surface area (Å²) in [4.78, 5) is 11.9. The highest BCUT2D eigenvalue weighted by Gasteiger charge is 2.49. The van der Waals surface area contributed by atoms with Crippen molar-refractivity contribution in [2.45, 2.75) is 39.2 Å². The van der Waals surface area contributed by atoms with Crippen LogP contribution in [0.2, 0.25) is 0 Å². The van der Waals surface area contributed by atoms with Crippen LogP contribution >= 0.6 is 0 Å². The molecule has 0 saturated heterocycles. The molecular weight excluding hydrogens is 162 g/mol. The third-order valence-electron chi connectivity index (χ3n) is 3.88. The molecule has 2 heteroatoms. The molecule has 2 fully saturated rings. The standard InChI is InChI=1S/C11H19NO/c1-6(2)11(13)9-7-3-4-8(5-7)10(9)12/h6-10H,3-5,12H2,1-2H3. The molecule has 0 amide bonds. The van der Waals surface area contributed by atoms with Gasteiger partial charge in [0.2, 0.25) is 0 Å². The average molecular weight is 181 g/mol. The average Bonchev–Trinajstić information content (AvgIpc) is 2.62. The van der Waals surface area contributed by atoms with Crippen LogP contribution in [-0.4, -0.2) is 11.8 Å². The third kappa shape index (κ3) is 1.32. The Morgan fingerprint density at radius 2 is 1.92 bits per heavy atom. The molecule has 2 nitrogen and oxygen atoms in total. The van der Waals surface area contributed by atoms with Gasteiger partial charge >= 0.3 is 0 Å². The van der Waals surface area contributed by atoms with Gasteiger partial charge in [-0.15, -0.1) is 0 Å². The van der Waals surface area contributed by atoms with Crippen molar-refractivity contribution in [1.29, 1.82) is 0 Å². The van der Waals surface area contributed by atoms with Crippen LogP contribution in [0.4, 0.5) is 0 Å². The van der Waals surface area contributed by atoms with Crippen LogP contribution in [0.5, 0.6) is 0 Å². The number of carbonyl (C=O) groups excluding carboxylic acids is 1. The quantitative estimate of drug-likeness (QED) is 0.703. The summed E-state index contributed by atoms with van der Waals surface area (Å²) < 4.78 is 0. The van der Waals surface area contributed by atoms with E-state index in [1.807, 2.05) is 13.8 Å². The Morgan fingerprint density at radius 1 is 1.31 bits per heavy atom. The minimum Gasteiger partial charge on any atom is -0.327 e. The smallest absolute Gasteiger partial charge is 0.140 e. The summed E-state index contributed by atoms with van der Waals surface area (Å²) >= 11 is 0. The molecule has 2 aliphatic carbocycles. The van der Waals surface area contributed by atoms with Crippen LogP contribution in [0.3, 0.4) is 0 Å². The second-order valence-corrected chi connectivity index (χ2v) is 4.99. The molecule has 2 aliphatic rings. The van der Waals surface area contributed by atoms with Crippen molar-refractivity contribution in [3.05, 3.63) is 0 Å². The summed E-state index contributed by atoms with van der Waals surface area (Å²) in [5.41, 5.74) is 6.08. The molecular formula is C11H19NO. The van der Waals surface area contributed by atoms with Crippen molar-refractivity contribution < 1.29 is 4.79 Å². The first-order valence-electron chi connectivity index (χ1n) is 5.40. The van der Waals surface area contributed by atoms with Crippen LogP contribution < -0.4 is 5.73 Å². The zero-order valence-corrected chi connectivity index (χ0v) is 8.49. The molecule has 74 valence electrons. The second kappa shape index (κ2) is 3.09. The second-order valence-electron chi connectivity index (χ2n) is 4.99. The highest BCUT2D eigenvalue weighted by atomic mass is 16.1. The molecule has 0 heterocycles. The molecule has 0 aromatic carbocycles. The first-order chi connectivity index (χ1) is 6.11. The van der Waals surface area contributed by atoms with E-state index in [1.165, 1.54) is 19.3 Å². The van der Waals surface area contributed by atoms with E-state index >= 15 is 0 Å². The minimum absolute atomic E-state index is 0.162. The number of Topliss-reactive ketones (excluding diaryl/α,β-unsaturated/α-hetero) is 1. The molecule has 0 aliphatic heterocycles. The van der Waals surface area contributed by atoms with Gasteiger partial charge in [0.15, 0.2) is 0 Å². The Balaban J connectivity index is 2.12. The predicted octanol–water partition coefficient (Wildman–Crippen LogP) is 1.58.